The maximum atomic E-state index is 14.7. The van der Waals surface area contributed by atoms with Gasteiger partial charge in [0.25, 0.3) is 0 Å². The molecule has 115 heavy (non-hydrogen) atoms. The molecule has 1 aliphatic carbocycles. The minimum atomic E-state index is -2.85. The molecule has 0 radical (unpaired) electrons. The van der Waals surface area contributed by atoms with Crippen LogP contribution in [0.3, 0.4) is 0 Å². The Kier molecular flexibility index (Phi) is 29.8. The number of carbonyl (C=O) groups is 5. The van der Waals surface area contributed by atoms with Crippen molar-refractivity contribution in [3.8, 4) is 0 Å². The number of rotatable bonds is 30. The van der Waals surface area contributed by atoms with Crippen LogP contribution < -0.4 is 26.6 Å². The Labute approximate surface area is 667 Å². The van der Waals surface area contributed by atoms with E-state index in [4.69, 9.17) is 70.7 Å². The quantitative estimate of drug-likeness (QED) is 0.0149. The molecule has 30 nitrogen and oxygen atoms in total. The fourth-order valence-electron chi connectivity index (χ4n) is 13.6. The van der Waals surface area contributed by atoms with E-state index in [2.05, 4.69) is 26.6 Å². The SMILES string of the molecule is CC(C)(C)[Si](C)(C)OC[C@H]1O[C@@H](O[C@@H]2[C@@H](O)[C@H](NC(=O)OCc3ccccc3)C[C@H](NC(=O)OCc3ccccc3)[C@H]2O[C@H]2O[C@@H]3COC(c4ccccc4)O[C@H]3[C@H](O)[C@H]2NC(=O)OCc2ccccc2)[C@H](OCC(O)c2ccccc2)[C@@H]1O[C@H]1O[C@@H](CNC(=O)OCc2ccccc2)[C@@H](O)[C@H](O)[C@H]1NC(=O)OCc1ccccc1. The van der Waals surface area contributed by atoms with E-state index in [9.17, 15) is 49.5 Å². The molecule has 0 aromatic heterocycles. The zero-order valence-electron chi connectivity index (χ0n) is 64.3. The van der Waals surface area contributed by atoms with Crippen LogP contribution in [0.1, 0.15) is 78.5 Å². The lowest BCUT2D eigenvalue weighted by Crippen LogP contribution is -2.71. The van der Waals surface area contributed by atoms with Gasteiger partial charge in [-0.25, -0.2) is 24.0 Å². The van der Waals surface area contributed by atoms with Crippen LogP contribution in [-0.4, -0.2) is 207 Å². The summed E-state index contributed by atoms with van der Waals surface area (Å²) >= 11 is 0. The van der Waals surface area contributed by atoms with Gasteiger partial charge in [0, 0.05) is 12.1 Å². The van der Waals surface area contributed by atoms with E-state index >= 15 is 0 Å². The summed E-state index contributed by atoms with van der Waals surface area (Å²) in [5.74, 6) is 0. The number of aliphatic hydroxyl groups excluding tert-OH is 5. The van der Waals surface area contributed by atoms with E-state index in [1.807, 2.05) is 39.9 Å². The molecule has 5 aliphatic rings. The first-order valence-corrected chi connectivity index (χ1v) is 41.2. The number of hydrogen-bond acceptors (Lipinski definition) is 25. The molecular formula is C84H101N5O25Si. The second kappa shape index (κ2) is 40.4. The van der Waals surface area contributed by atoms with E-state index < -0.39 is 192 Å². The molecule has 2 unspecified atom stereocenters. The van der Waals surface area contributed by atoms with E-state index in [1.54, 1.807) is 206 Å². The lowest BCUT2D eigenvalue weighted by atomic mass is 9.83. The molecule has 7 aromatic rings. The van der Waals surface area contributed by atoms with Crippen molar-refractivity contribution in [2.45, 2.75) is 207 Å². The molecule has 4 heterocycles. The lowest BCUT2D eigenvalue weighted by Gasteiger charge is -2.51. The molecule has 0 bridgehead atoms. The Balaban J connectivity index is 0.944. The van der Waals surface area contributed by atoms with Crippen molar-refractivity contribution in [3.63, 3.8) is 0 Å². The number of fused-ring (bicyclic) bond motifs is 1. The van der Waals surface area contributed by atoms with Gasteiger partial charge in [-0.3, -0.25) is 0 Å². The van der Waals surface area contributed by atoms with Crippen molar-refractivity contribution in [3.05, 3.63) is 251 Å². The van der Waals surface area contributed by atoms with Crippen LogP contribution in [0.15, 0.2) is 212 Å². The molecule has 0 spiro atoms. The van der Waals surface area contributed by atoms with Gasteiger partial charge in [0.15, 0.2) is 33.5 Å². The molecule has 31 heteroatoms. The average Bonchev–Trinajstić information content (AvgIpc) is 1.75. The standard InChI is InChI=1S/C84H101N5O25Si/c1-84(2,3)115(4,5)107-50-63-72(113-76-64(88-82(98)105-46-54-33-19-9-20-34-54)68(93)67(92)61(108-76)42-85-79(95)102-43-51-27-13-6-14-28-51)74(100-48-60(90)56-37-23-11-24-38-56)78(110-63)114-73-66(91)58(86-80(96)103-44-52-29-15-7-16-30-52)41-59(87-81(97)104-45-53-31-17-8-18-32-53)70(73)111-77-65(89-83(99)106-47-55-35-21-10-22-36-55)69(94)71-62(109-77)49-101-75(112-71)57-39-25-12-26-40-57/h6-40,58-78,90-94H,41-50H2,1-5H3,(H,85,95)(H,86,96)(H,87,97)(H,88,98)(H,89,99)/t58-,59+,60?,61+,62-,63-,64-,65-,66+,67-,68-,69-,70-,71-,72-,73-,74-,75?,76-,77-,78+/m1/s1. The summed E-state index contributed by atoms with van der Waals surface area (Å²) < 4.78 is 97.1. The fraction of sp³-hybridized carbons (Fsp3) is 0.440. The minimum absolute atomic E-state index is 0.125. The monoisotopic (exact) mass is 1610 g/mol. The van der Waals surface area contributed by atoms with Crippen LogP contribution in [-0.2, 0) is 104 Å². The highest BCUT2D eigenvalue weighted by Gasteiger charge is 2.59. The third-order valence-electron chi connectivity index (χ3n) is 21.0. The summed E-state index contributed by atoms with van der Waals surface area (Å²) in [6, 6.07) is 55.2. The number of amides is 5. The first-order valence-electron chi connectivity index (χ1n) is 38.3. The van der Waals surface area contributed by atoms with E-state index in [0.29, 0.717) is 38.9 Å². The molecule has 616 valence electrons. The summed E-state index contributed by atoms with van der Waals surface area (Å²) in [6.07, 6.45) is -33.0. The first-order chi connectivity index (χ1) is 55.5. The fourth-order valence-corrected chi connectivity index (χ4v) is 14.7. The van der Waals surface area contributed by atoms with Gasteiger partial charge in [-0.2, -0.15) is 0 Å². The van der Waals surface area contributed by atoms with Gasteiger partial charge >= 0.3 is 30.5 Å². The third kappa shape index (κ3) is 23.2. The Morgan fingerprint density at radius 2 is 0.870 bits per heavy atom. The molecule has 4 saturated heterocycles. The van der Waals surface area contributed by atoms with Crippen molar-refractivity contribution in [1.82, 2.24) is 26.6 Å². The predicted octanol–water partition coefficient (Wildman–Crippen LogP) is 8.53. The molecule has 21 atom stereocenters. The van der Waals surface area contributed by atoms with E-state index in [0.717, 1.165) is 0 Å². The van der Waals surface area contributed by atoms with Gasteiger partial charge in [-0.15, -0.1) is 0 Å². The number of hydrogen-bond donors (Lipinski definition) is 10. The third-order valence-corrected chi connectivity index (χ3v) is 25.5. The van der Waals surface area contributed by atoms with E-state index in [1.165, 1.54) is 0 Å². The number of aliphatic hydroxyl groups is 5. The summed E-state index contributed by atoms with van der Waals surface area (Å²) in [7, 11) is -2.85. The first kappa shape index (κ1) is 84.9. The van der Waals surface area contributed by atoms with Crippen LogP contribution in [0, 0.1) is 0 Å². The second-order valence-electron chi connectivity index (χ2n) is 30.1. The Morgan fingerprint density at radius 1 is 0.452 bits per heavy atom. The molecule has 12 rings (SSSR count). The van der Waals surface area contributed by atoms with Gasteiger partial charge in [0.1, 0.15) is 124 Å². The average molecular weight is 1610 g/mol. The van der Waals surface area contributed by atoms with Crippen molar-refractivity contribution in [2.75, 3.05) is 26.4 Å². The Hall–Kier alpha value is -9.49. The highest BCUT2D eigenvalue weighted by Crippen LogP contribution is 2.42. The normalized spacial score (nSPS) is 28.3. The predicted molar refractivity (Wildman–Crippen MR) is 412 cm³/mol. The van der Waals surface area contributed by atoms with Crippen LogP contribution in [0.5, 0.6) is 0 Å². The minimum Gasteiger partial charge on any atom is -0.445 e. The lowest BCUT2D eigenvalue weighted by molar-refractivity contribution is -0.358. The summed E-state index contributed by atoms with van der Waals surface area (Å²) in [5.41, 5.74) is 4.16. The number of ether oxygens (including phenoxy) is 14. The van der Waals surface area contributed by atoms with Gasteiger partial charge < -0.3 is 123 Å². The highest BCUT2D eigenvalue weighted by molar-refractivity contribution is 6.74. The van der Waals surface area contributed by atoms with Gasteiger partial charge in [-0.1, -0.05) is 233 Å². The Morgan fingerprint density at radius 3 is 1.37 bits per heavy atom. The van der Waals surface area contributed by atoms with Crippen LogP contribution >= 0.6 is 0 Å². The molecule has 5 amide bonds. The molecular weight excluding hydrogens is 1510 g/mol. The number of carbonyl (C=O) groups excluding carboxylic acids is 5. The van der Waals surface area contributed by atoms with E-state index in [-0.39, 0.29) is 46.2 Å². The largest absolute Gasteiger partial charge is 0.445 e. The summed E-state index contributed by atoms with van der Waals surface area (Å²) in [6.45, 7) is 7.41. The van der Waals surface area contributed by atoms with Crippen molar-refractivity contribution >= 4 is 38.8 Å². The Bertz CT molecular complexity index is 4180. The van der Waals surface area contributed by atoms with Crippen LogP contribution in [0.2, 0.25) is 18.1 Å². The number of benzene rings is 7. The maximum absolute atomic E-state index is 14.7. The van der Waals surface area contributed by atoms with Crippen LogP contribution in [0.4, 0.5) is 24.0 Å². The van der Waals surface area contributed by atoms with Gasteiger partial charge in [0.05, 0.1) is 31.9 Å². The molecule has 4 aliphatic heterocycles. The zero-order valence-corrected chi connectivity index (χ0v) is 65.3. The zero-order chi connectivity index (χ0) is 81.0. The van der Waals surface area contributed by atoms with Crippen molar-refractivity contribution < 1.29 is 120 Å². The highest BCUT2D eigenvalue weighted by atomic mass is 28.4. The molecule has 10 N–H and O–H groups in total. The van der Waals surface area contributed by atoms with Gasteiger partial charge in [0.2, 0.25) is 0 Å². The smallest absolute Gasteiger partial charge is 0.407 e. The topological polar surface area (TPSA) is 385 Å². The number of alkyl carbamates (subject to hydrolysis) is 5. The van der Waals surface area contributed by atoms with Crippen LogP contribution in [0.25, 0.3) is 0 Å². The van der Waals surface area contributed by atoms with Crippen molar-refractivity contribution in [2.24, 2.45) is 0 Å². The summed E-state index contributed by atoms with van der Waals surface area (Å²) in [4.78, 5) is 70.9. The maximum Gasteiger partial charge on any atom is 0.407 e. The van der Waals surface area contributed by atoms with Crippen molar-refractivity contribution in [1.29, 1.82) is 0 Å². The molecule has 5 fully saturated rings. The second-order valence-corrected chi connectivity index (χ2v) is 34.9. The summed E-state index contributed by atoms with van der Waals surface area (Å²) in [5, 5.41) is 76.0. The number of nitrogens with one attached hydrogen (secondary N) is 5. The van der Waals surface area contributed by atoms with Gasteiger partial charge in [-0.05, 0) is 57.9 Å². The molecule has 1 saturated carbocycles. The molecule has 7 aromatic carbocycles.